The molecule has 1 aliphatic heterocycles. The van der Waals surface area contributed by atoms with Crippen molar-refractivity contribution in [3.8, 4) is 5.75 Å². The summed E-state index contributed by atoms with van der Waals surface area (Å²) in [5, 5.41) is 7.10. The molecule has 0 bridgehead atoms. The molecular weight excluding hydrogens is 415 g/mol. The fraction of sp³-hybridized carbons (Fsp3) is 0.304. The number of ether oxygens (including phenoxy) is 1. The molecule has 162 valence electrons. The van der Waals surface area contributed by atoms with Crippen LogP contribution in [-0.4, -0.2) is 29.5 Å². The van der Waals surface area contributed by atoms with Gasteiger partial charge in [0.1, 0.15) is 28.4 Å². The van der Waals surface area contributed by atoms with Crippen molar-refractivity contribution < 1.29 is 13.9 Å². The van der Waals surface area contributed by atoms with Crippen molar-refractivity contribution in [2.75, 3.05) is 17.6 Å². The maximum absolute atomic E-state index is 13.8. The number of hydrogen-bond acceptors (Lipinski definition) is 7. The van der Waals surface area contributed by atoms with Gasteiger partial charge in [-0.25, -0.2) is 9.37 Å². The number of nitrogen functional groups attached to an aromatic ring is 1. The summed E-state index contributed by atoms with van der Waals surface area (Å²) >= 11 is 1.14. The first kappa shape index (κ1) is 21.3. The van der Waals surface area contributed by atoms with Crippen LogP contribution in [0.1, 0.15) is 40.6 Å². The van der Waals surface area contributed by atoms with Crippen molar-refractivity contribution in [2.24, 2.45) is 0 Å². The molecular formula is C23H25FN4O2S. The van der Waals surface area contributed by atoms with Gasteiger partial charge in [-0.1, -0.05) is 23.5 Å². The third-order valence-corrected chi connectivity index (χ3v) is 6.37. The van der Waals surface area contributed by atoms with Crippen LogP contribution in [0.15, 0.2) is 42.5 Å². The Kier molecular flexibility index (Phi) is 6.20. The number of hydrogen-bond donors (Lipinski definition) is 3. The average molecular weight is 441 g/mol. The number of aryl methyl sites for hydroxylation is 1. The van der Waals surface area contributed by atoms with Crippen LogP contribution in [0.4, 0.5) is 21.0 Å². The predicted molar refractivity (Wildman–Crippen MR) is 122 cm³/mol. The molecule has 8 heteroatoms. The van der Waals surface area contributed by atoms with E-state index in [0.717, 1.165) is 35.7 Å². The number of benzene rings is 2. The molecule has 31 heavy (non-hydrogen) atoms. The Morgan fingerprint density at radius 2 is 2.10 bits per heavy atom. The molecule has 0 spiro atoms. The minimum absolute atomic E-state index is 0.0975. The second-order valence-corrected chi connectivity index (χ2v) is 8.70. The van der Waals surface area contributed by atoms with Gasteiger partial charge < -0.3 is 21.1 Å². The zero-order chi connectivity index (χ0) is 22.0. The Morgan fingerprint density at radius 3 is 2.77 bits per heavy atom. The van der Waals surface area contributed by atoms with Crippen LogP contribution >= 0.6 is 11.3 Å². The molecule has 0 saturated carbocycles. The second-order valence-electron chi connectivity index (χ2n) is 7.70. The molecule has 1 fully saturated rings. The van der Waals surface area contributed by atoms with E-state index < -0.39 is 5.82 Å². The lowest BCUT2D eigenvalue weighted by Crippen LogP contribution is -2.36. The Bertz CT molecular complexity index is 1080. The molecule has 1 saturated heterocycles. The van der Waals surface area contributed by atoms with Gasteiger partial charge in [0.25, 0.3) is 0 Å². The summed E-state index contributed by atoms with van der Waals surface area (Å²) < 4.78 is 19.9. The van der Waals surface area contributed by atoms with Crippen LogP contribution in [0, 0.1) is 12.7 Å². The molecule has 2 heterocycles. The van der Waals surface area contributed by atoms with E-state index in [1.54, 1.807) is 19.1 Å². The second kappa shape index (κ2) is 9.03. The van der Waals surface area contributed by atoms with Crippen LogP contribution in [0.3, 0.4) is 0 Å². The molecule has 0 aliphatic carbocycles. The number of rotatable bonds is 7. The Hall–Kier alpha value is -2.97. The van der Waals surface area contributed by atoms with E-state index >= 15 is 0 Å². The first-order chi connectivity index (χ1) is 14.9. The van der Waals surface area contributed by atoms with Crippen molar-refractivity contribution >= 4 is 33.8 Å². The van der Waals surface area contributed by atoms with Gasteiger partial charge in [-0.15, -0.1) is 0 Å². The summed E-state index contributed by atoms with van der Waals surface area (Å²) in [6.45, 7) is 4.77. The summed E-state index contributed by atoms with van der Waals surface area (Å²) in [6, 6.07) is 12.3. The Balaban J connectivity index is 1.42. The number of nitrogens with one attached hydrogen (secondary N) is 2. The first-order valence-electron chi connectivity index (χ1n) is 10.2. The number of thiazole rings is 1. The number of aromatic nitrogens is 1. The van der Waals surface area contributed by atoms with Gasteiger partial charge in [0, 0.05) is 17.3 Å². The fourth-order valence-electron chi connectivity index (χ4n) is 3.56. The third-order valence-electron chi connectivity index (χ3n) is 5.39. The standard InChI is InChI=1S/C23H25FN4O2S/c1-13-5-6-15(12-18(13)24)20(29)21-22(25)28-23(31-21)27-16-7-9-17(10-8-16)30-14(2)19-4-3-11-26-19/h5-10,12,14,19,26H,3-4,11,25H2,1-2H3,(H,27,28)/t14-,19?/m0/s1. The van der Waals surface area contributed by atoms with E-state index in [-0.39, 0.29) is 28.1 Å². The molecule has 0 amide bonds. The van der Waals surface area contributed by atoms with Crippen molar-refractivity contribution in [3.63, 3.8) is 0 Å². The maximum atomic E-state index is 13.8. The van der Waals surface area contributed by atoms with Crippen LogP contribution in [0.5, 0.6) is 5.75 Å². The number of carbonyl (C=O) groups is 1. The molecule has 4 rings (SSSR count). The van der Waals surface area contributed by atoms with Gasteiger partial charge in [0.15, 0.2) is 5.13 Å². The number of carbonyl (C=O) groups excluding carboxylic acids is 1. The van der Waals surface area contributed by atoms with Crippen molar-refractivity contribution in [1.82, 2.24) is 10.3 Å². The minimum atomic E-state index is -0.423. The third kappa shape index (κ3) is 4.86. The molecule has 1 aromatic heterocycles. The van der Waals surface area contributed by atoms with Crippen LogP contribution < -0.4 is 21.1 Å². The van der Waals surface area contributed by atoms with Gasteiger partial charge >= 0.3 is 0 Å². The van der Waals surface area contributed by atoms with E-state index in [4.69, 9.17) is 10.5 Å². The highest BCUT2D eigenvalue weighted by molar-refractivity contribution is 7.18. The van der Waals surface area contributed by atoms with Crippen molar-refractivity contribution in [3.05, 3.63) is 64.3 Å². The van der Waals surface area contributed by atoms with Gasteiger partial charge in [-0.3, -0.25) is 4.79 Å². The highest BCUT2D eigenvalue weighted by atomic mass is 32.1. The van der Waals surface area contributed by atoms with Crippen LogP contribution in [-0.2, 0) is 0 Å². The summed E-state index contributed by atoms with van der Waals surface area (Å²) in [6.07, 6.45) is 2.41. The van der Waals surface area contributed by atoms with Gasteiger partial charge in [-0.2, -0.15) is 0 Å². The molecule has 4 N–H and O–H groups in total. The summed E-state index contributed by atoms with van der Waals surface area (Å²) in [5.74, 6) is 0.145. The zero-order valence-corrected chi connectivity index (χ0v) is 18.3. The largest absolute Gasteiger partial charge is 0.489 e. The maximum Gasteiger partial charge on any atom is 0.206 e. The summed E-state index contributed by atoms with van der Waals surface area (Å²) in [4.78, 5) is 17.3. The van der Waals surface area contributed by atoms with E-state index in [0.29, 0.717) is 16.7 Å². The normalized spacial score (nSPS) is 16.8. The number of anilines is 3. The number of nitrogens with two attached hydrogens (primary N) is 1. The lowest BCUT2D eigenvalue weighted by Gasteiger charge is -2.21. The summed E-state index contributed by atoms with van der Waals surface area (Å²) in [5.41, 5.74) is 7.49. The van der Waals surface area contributed by atoms with Crippen molar-refractivity contribution in [1.29, 1.82) is 0 Å². The van der Waals surface area contributed by atoms with Crippen LogP contribution in [0.2, 0.25) is 0 Å². The van der Waals surface area contributed by atoms with Gasteiger partial charge in [-0.05, 0) is 69.1 Å². The Labute approximate surface area is 184 Å². The molecule has 3 aromatic rings. The number of nitrogens with zero attached hydrogens (tertiary/aromatic N) is 1. The number of ketones is 1. The smallest absolute Gasteiger partial charge is 0.206 e. The topological polar surface area (TPSA) is 89.3 Å². The average Bonchev–Trinajstić information content (AvgIpc) is 3.41. The van der Waals surface area contributed by atoms with Crippen molar-refractivity contribution in [2.45, 2.75) is 38.8 Å². The quantitative estimate of drug-likeness (QED) is 0.463. The molecule has 0 radical (unpaired) electrons. The highest BCUT2D eigenvalue weighted by Crippen LogP contribution is 2.30. The minimum Gasteiger partial charge on any atom is -0.489 e. The molecule has 2 aromatic carbocycles. The fourth-order valence-corrected chi connectivity index (χ4v) is 4.43. The summed E-state index contributed by atoms with van der Waals surface area (Å²) in [7, 11) is 0. The van der Waals surface area contributed by atoms with Crippen LogP contribution in [0.25, 0.3) is 0 Å². The van der Waals surface area contributed by atoms with E-state index in [1.165, 1.54) is 12.5 Å². The number of halogens is 1. The van der Waals surface area contributed by atoms with Gasteiger partial charge in [0.2, 0.25) is 5.78 Å². The first-order valence-corrected chi connectivity index (χ1v) is 11.1. The van der Waals surface area contributed by atoms with E-state index in [1.807, 2.05) is 24.3 Å². The van der Waals surface area contributed by atoms with Gasteiger partial charge in [0.05, 0.1) is 0 Å². The monoisotopic (exact) mass is 440 g/mol. The zero-order valence-electron chi connectivity index (χ0n) is 17.4. The SMILES string of the molecule is Cc1ccc(C(=O)c2sc(Nc3ccc(O[C@@H](C)C4CCCN4)cc3)nc2N)cc1F. The lowest BCUT2D eigenvalue weighted by atomic mass is 10.1. The van der Waals surface area contributed by atoms with E-state index in [9.17, 15) is 9.18 Å². The lowest BCUT2D eigenvalue weighted by molar-refractivity contribution is 0.104. The molecule has 2 atom stereocenters. The molecule has 1 unspecified atom stereocenters. The van der Waals surface area contributed by atoms with E-state index in [2.05, 4.69) is 22.5 Å². The Morgan fingerprint density at radius 1 is 1.32 bits per heavy atom. The molecule has 1 aliphatic rings. The molecule has 6 nitrogen and oxygen atoms in total. The predicted octanol–water partition coefficient (Wildman–Crippen LogP) is 4.67. The highest BCUT2D eigenvalue weighted by Gasteiger charge is 2.22.